The van der Waals surface area contributed by atoms with Crippen molar-refractivity contribution in [3.63, 3.8) is 0 Å². The standard InChI is InChI=1S/C14H23NO2.C2H6/c1-4-15(10-9-14(17)12(3)16)13-8-6-5-7-11(13)2;1-2/h5-8,12,14,16-17H,4,9-10H2,1-3H3;1-2H3. The molecule has 0 aromatic heterocycles. The number of rotatable bonds is 6. The van der Waals surface area contributed by atoms with Crippen molar-refractivity contribution in [1.29, 1.82) is 0 Å². The molecule has 0 aliphatic heterocycles. The fourth-order valence-electron chi connectivity index (χ4n) is 1.90. The minimum absolute atomic E-state index is 0.583. The molecule has 0 aliphatic rings. The number of aryl methyl sites for hydroxylation is 1. The summed E-state index contributed by atoms with van der Waals surface area (Å²) in [5, 5.41) is 18.9. The maximum Gasteiger partial charge on any atom is 0.0813 e. The molecule has 19 heavy (non-hydrogen) atoms. The van der Waals surface area contributed by atoms with Crippen LogP contribution in [0.2, 0.25) is 0 Å². The van der Waals surface area contributed by atoms with Gasteiger partial charge in [0.15, 0.2) is 0 Å². The van der Waals surface area contributed by atoms with E-state index in [2.05, 4.69) is 30.9 Å². The SMILES string of the molecule is CC.CCN(CCC(O)C(C)O)c1ccccc1C. The molecule has 0 fully saturated rings. The van der Waals surface area contributed by atoms with E-state index in [-0.39, 0.29) is 0 Å². The number of para-hydroxylation sites is 1. The molecule has 1 aromatic rings. The molecule has 3 nitrogen and oxygen atoms in total. The van der Waals surface area contributed by atoms with E-state index in [4.69, 9.17) is 0 Å². The second-order valence-corrected chi connectivity index (χ2v) is 4.46. The van der Waals surface area contributed by atoms with E-state index in [0.717, 1.165) is 13.1 Å². The van der Waals surface area contributed by atoms with Crippen molar-refractivity contribution in [3.05, 3.63) is 29.8 Å². The lowest BCUT2D eigenvalue weighted by atomic mass is 10.1. The summed E-state index contributed by atoms with van der Waals surface area (Å²) in [7, 11) is 0. The van der Waals surface area contributed by atoms with Crippen LogP contribution in [0.5, 0.6) is 0 Å². The van der Waals surface area contributed by atoms with Gasteiger partial charge in [-0.05, 0) is 38.8 Å². The van der Waals surface area contributed by atoms with Crippen molar-refractivity contribution in [3.8, 4) is 0 Å². The molecule has 1 aromatic carbocycles. The second kappa shape index (κ2) is 9.82. The highest BCUT2D eigenvalue weighted by Crippen LogP contribution is 2.19. The third-order valence-electron chi connectivity index (χ3n) is 3.09. The minimum Gasteiger partial charge on any atom is -0.391 e. The van der Waals surface area contributed by atoms with E-state index in [1.165, 1.54) is 11.3 Å². The van der Waals surface area contributed by atoms with Crippen LogP contribution in [-0.4, -0.2) is 35.5 Å². The van der Waals surface area contributed by atoms with Crippen molar-refractivity contribution < 1.29 is 10.2 Å². The largest absolute Gasteiger partial charge is 0.391 e. The Morgan fingerprint density at radius 2 is 1.74 bits per heavy atom. The van der Waals surface area contributed by atoms with Gasteiger partial charge in [0.05, 0.1) is 12.2 Å². The molecule has 110 valence electrons. The van der Waals surface area contributed by atoms with Gasteiger partial charge in [-0.3, -0.25) is 0 Å². The normalized spacial score (nSPS) is 13.2. The van der Waals surface area contributed by atoms with Gasteiger partial charge in [-0.25, -0.2) is 0 Å². The first kappa shape index (κ1) is 17.9. The van der Waals surface area contributed by atoms with Crippen LogP contribution in [0, 0.1) is 6.92 Å². The van der Waals surface area contributed by atoms with Gasteiger partial charge in [-0.1, -0.05) is 32.0 Å². The molecule has 2 N–H and O–H groups in total. The third kappa shape index (κ3) is 6.08. The molecule has 0 radical (unpaired) electrons. The van der Waals surface area contributed by atoms with E-state index in [1.807, 2.05) is 26.0 Å². The predicted octanol–water partition coefficient (Wildman–Crippen LogP) is 2.98. The summed E-state index contributed by atoms with van der Waals surface area (Å²) < 4.78 is 0. The molecule has 0 heterocycles. The van der Waals surface area contributed by atoms with Crippen molar-refractivity contribution in [2.75, 3.05) is 18.0 Å². The zero-order valence-corrected chi connectivity index (χ0v) is 12.9. The predicted molar refractivity (Wildman–Crippen MR) is 82.7 cm³/mol. The lowest BCUT2D eigenvalue weighted by Gasteiger charge is -2.26. The number of hydrogen-bond donors (Lipinski definition) is 2. The Morgan fingerprint density at radius 1 is 1.16 bits per heavy atom. The smallest absolute Gasteiger partial charge is 0.0813 e. The highest BCUT2D eigenvalue weighted by atomic mass is 16.3. The van der Waals surface area contributed by atoms with Crippen LogP contribution in [-0.2, 0) is 0 Å². The van der Waals surface area contributed by atoms with Crippen LogP contribution in [0.4, 0.5) is 5.69 Å². The zero-order chi connectivity index (χ0) is 14.8. The van der Waals surface area contributed by atoms with Crippen LogP contribution in [0.15, 0.2) is 24.3 Å². The summed E-state index contributed by atoms with van der Waals surface area (Å²) >= 11 is 0. The van der Waals surface area contributed by atoms with E-state index >= 15 is 0 Å². The Labute approximate surface area is 117 Å². The molecule has 0 bridgehead atoms. The average molecular weight is 267 g/mol. The molecule has 0 amide bonds. The Morgan fingerprint density at radius 3 is 2.21 bits per heavy atom. The molecule has 0 saturated heterocycles. The van der Waals surface area contributed by atoms with Crippen LogP contribution in [0.1, 0.15) is 39.7 Å². The van der Waals surface area contributed by atoms with Gasteiger partial charge < -0.3 is 15.1 Å². The van der Waals surface area contributed by atoms with Gasteiger partial charge in [0.25, 0.3) is 0 Å². The fourth-order valence-corrected chi connectivity index (χ4v) is 1.90. The second-order valence-electron chi connectivity index (χ2n) is 4.46. The summed E-state index contributed by atoms with van der Waals surface area (Å²) in [5.74, 6) is 0. The summed E-state index contributed by atoms with van der Waals surface area (Å²) in [6, 6.07) is 8.23. The number of anilines is 1. The summed E-state index contributed by atoms with van der Waals surface area (Å²) in [5.41, 5.74) is 2.44. The number of aliphatic hydroxyl groups is 2. The topological polar surface area (TPSA) is 43.7 Å². The van der Waals surface area contributed by atoms with Crippen LogP contribution in [0.25, 0.3) is 0 Å². The van der Waals surface area contributed by atoms with E-state index < -0.39 is 12.2 Å². The fraction of sp³-hybridized carbons (Fsp3) is 0.625. The molecular weight excluding hydrogens is 238 g/mol. The van der Waals surface area contributed by atoms with Gasteiger partial charge in [0.2, 0.25) is 0 Å². The Hall–Kier alpha value is -1.06. The Bertz CT molecular complexity index is 339. The minimum atomic E-state index is -0.662. The van der Waals surface area contributed by atoms with Crippen LogP contribution in [0.3, 0.4) is 0 Å². The van der Waals surface area contributed by atoms with Crippen molar-refractivity contribution in [2.45, 2.75) is 53.2 Å². The van der Waals surface area contributed by atoms with Gasteiger partial charge in [0.1, 0.15) is 0 Å². The van der Waals surface area contributed by atoms with Crippen molar-refractivity contribution >= 4 is 5.69 Å². The third-order valence-corrected chi connectivity index (χ3v) is 3.09. The molecule has 3 heteroatoms. The van der Waals surface area contributed by atoms with Gasteiger partial charge in [-0.2, -0.15) is 0 Å². The molecule has 0 aliphatic carbocycles. The molecular formula is C16H29NO2. The molecule has 0 saturated carbocycles. The van der Waals surface area contributed by atoms with E-state index in [1.54, 1.807) is 6.92 Å². The van der Waals surface area contributed by atoms with Crippen LogP contribution >= 0.6 is 0 Å². The monoisotopic (exact) mass is 267 g/mol. The molecule has 1 rings (SSSR count). The Balaban J connectivity index is 0.00000154. The first-order valence-electron chi connectivity index (χ1n) is 7.23. The highest BCUT2D eigenvalue weighted by molar-refractivity contribution is 5.52. The summed E-state index contributed by atoms with van der Waals surface area (Å²) in [4.78, 5) is 2.22. The van der Waals surface area contributed by atoms with E-state index in [9.17, 15) is 10.2 Å². The van der Waals surface area contributed by atoms with Crippen molar-refractivity contribution in [1.82, 2.24) is 0 Å². The molecule has 2 unspecified atom stereocenters. The average Bonchev–Trinajstić information content (AvgIpc) is 2.43. The van der Waals surface area contributed by atoms with E-state index in [0.29, 0.717) is 6.42 Å². The molecule has 2 atom stereocenters. The highest BCUT2D eigenvalue weighted by Gasteiger charge is 2.13. The van der Waals surface area contributed by atoms with Crippen LogP contribution < -0.4 is 4.90 Å². The number of hydrogen-bond acceptors (Lipinski definition) is 3. The summed E-state index contributed by atoms with van der Waals surface area (Å²) in [6.07, 6.45) is -0.724. The molecule has 0 spiro atoms. The van der Waals surface area contributed by atoms with Gasteiger partial charge >= 0.3 is 0 Å². The quantitative estimate of drug-likeness (QED) is 0.833. The maximum atomic E-state index is 9.61. The van der Waals surface area contributed by atoms with Gasteiger partial charge in [0, 0.05) is 18.8 Å². The number of benzene rings is 1. The first-order chi connectivity index (χ1) is 9.06. The lowest BCUT2D eigenvalue weighted by molar-refractivity contribution is 0.0276. The zero-order valence-electron chi connectivity index (χ0n) is 12.9. The van der Waals surface area contributed by atoms with Crippen molar-refractivity contribution in [2.24, 2.45) is 0 Å². The van der Waals surface area contributed by atoms with Gasteiger partial charge in [-0.15, -0.1) is 0 Å². The lowest BCUT2D eigenvalue weighted by Crippen LogP contribution is -2.31. The first-order valence-corrected chi connectivity index (χ1v) is 7.23. The maximum absolute atomic E-state index is 9.61. The number of aliphatic hydroxyl groups excluding tert-OH is 2. The number of nitrogens with zero attached hydrogens (tertiary/aromatic N) is 1. The summed E-state index contributed by atoms with van der Waals surface area (Å²) in [6.45, 7) is 11.5. The Kier molecular flexibility index (Phi) is 9.27.